The van der Waals surface area contributed by atoms with Gasteiger partial charge in [0.15, 0.2) is 0 Å². The van der Waals surface area contributed by atoms with Crippen molar-refractivity contribution in [1.29, 1.82) is 5.26 Å². The minimum absolute atomic E-state index is 0.0288. The van der Waals surface area contributed by atoms with E-state index in [1.165, 1.54) is 6.20 Å². The summed E-state index contributed by atoms with van der Waals surface area (Å²) in [6.45, 7) is 2.81. The van der Waals surface area contributed by atoms with Gasteiger partial charge in [-0.3, -0.25) is 9.59 Å². The Hall–Kier alpha value is -2.86. The molecule has 200 valence electrons. The average molecular weight is 556 g/mol. The fraction of sp³-hybridized carbons (Fsp3) is 0.500. The smallest absolute Gasteiger partial charge is 0.242 e. The Balaban J connectivity index is 1.23. The third-order valence-electron chi connectivity index (χ3n) is 8.07. The largest absolute Gasteiger partial charge is 0.478 e. The quantitative estimate of drug-likeness (QED) is 0.552. The summed E-state index contributed by atoms with van der Waals surface area (Å²) in [4.78, 5) is 34.1. The second kappa shape index (κ2) is 11.1. The number of carbonyl (C=O) groups excluding carboxylic acids is 2. The summed E-state index contributed by atoms with van der Waals surface area (Å²) in [7, 11) is 0. The van der Waals surface area contributed by atoms with E-state index in [-0.39, 0.29) is 29.6 Å². The predicted molar refractivity (Wildman–Crippen MR) is 144 cm³/mol. The van der Waals surface area contributed by atoms with Crippen LogP contribution in [0.2, 0.25) is 10.0 Å². The van der Waals surface area contributed by atoms with Crippen molar-refractivity contribution in [2.75, 3.05) is 32.8 Å². The molecule has 3 aliphatic rings. The summed E-state index contributed by atoms with van der Waals surface area (Å²) in [5.74, 6) is 0.810. The number of halogens is 2. The zero-order chi connectivity index (χ0) is 26.9. The molecule has 38 heavy (non-hydrogen) atoms. The van der Waals surface area contributed by atoms with Gasteiger partial charge < -0.3 is 20.3 Å². The Morgan fingerprint density at radius 2 is 1.87 bits per heavy atom. The number of piperidine rings is 1. The monoisotopic (exact) mass is 555 g/mol. The fourth-order valence-electron chi connectivity index (χ4n) is 5.56. The van der Waals surface area contributed by atoms with Crippen LogP contribution >= 0.6 is 23.2 Å². The Kier molecular flexibility index (Phi) is 7.80. The van der Waals surface area contributed by atoms with Gasteiger partial charge in [-0.15, -0.1) is 0 Å². The summed E-state index contributed by atoms with van der Waals surface area (Å²) in [6, 6.07) is 11.1. The molecule has 2 amide bonds. The lowest BCUT2D eigenvalue weighted by atomic mass is 9.87. The number of nitrogens with zero attached hydrogens (tertiary/aromatic N) is 4. The van der Waals surface area contributed by atoms with Crippen LogP contribution in [0.15, 0.2) is 36.5 Å². The van der Waals surface area contributed by atoms with Crippen LogP contribution in [-0.2, 0) is 9.59 Å². The third kappa shape index (κ3) is 5.75. The number of amides is 2. The van der Waals surface area contributed by atoms with Crippen molar-refractivity contribution >= 4 is 35.0 Å². The fourth-order valence-corrected chi connectivity index (χ4v) is 5.87. The van der Waals surface area contributed by atoms with Crippen LogP contribution in [-0.4, -0.2) is 64.9 Å². The van der Waals surface area contributed by atoms with Gasteiger partial charge in [-0.05, 0) is 61.8 Å². The second-order valence-electron chi connectivity index (χ2n) is 10.6. The Morgan fingerprint density at radius 3 is 2.50 bits per heavy atom. The summed E-state index contributed by atoms with van der Waals surface area (Å²) in [5.41, 5.74) is 6.96. The van der Waals surface area contributed by atoms with Gasteiger partial charge >= 0.3 is 0 Å². The first kappa shape index (κ1) is 26.7. The molecule has 2 N–H and O–H groups in total. The molecule has 0 spiro atoms. The number of nitriles is 1. The lowest BCUT2D eigenvalue weighted by Gasteiger charge is -2.34. The number of likely N-dealkylation sites (tertiary alicyclic amines) is 2. The van der Waals surface area contributed by atoms with Gasteiger partial charge in [0.25, 0.3) is 0 Å². The van der Waals surface area contributed by atoms with Crippen LogP contribution in [0.1, 0.15) is 49.1 Å². The molecule has 10 heteroatoms. The van der Waals surface area contributed by atoms with Gasteiger partial charge in [-0.25, -0.2) is 4.98 Å². The van der Waals surface area contributed by atoms with Crippen LogP contribution in [0.25, 0.3) is 0 Å². The lowest BCUT2D eigenvalue weighted by Crippen LogP contribution is -2.50. The molecule has 2 unspecified atom stereocenters. The van der Waals surface area contributed by atoms with Crippen molar-refractivity contribution in [3.8, 4) is 11.9 Å². The van der Waals surface area contributed by atoms with Gasteiger partial charge in [0.05, 0.1) is 27.8 Å². The lowest BCUT2D eigenvalue weighted by molar-refractivity contribution is -0.141. The minimum atomic E-state index is -0.665. The molecule has 2 aromatic rings. The molecule has 0 bridgehead atoms. The van der Waals surface area contributed by atoms with E-state index in [2.05, 4.69) is 4.98 Å². The molecule has 1 aliphatic carbocycles. The van der Waals surface area contributed by atoms with Gasteiger partial charge in [-0.1, -0.05) is 29.3 Å². The first-order valence-corrected chi connectivity index (χ1v) is 13.8. The molecular weight excluding hydrogens is 525 g/mol. The molecule has 8 nitrogen and oxygen atoms in total. The van der Waals surface area contributed by atoms with E-state index in [9.17, 15) is 9.59 Å². The van der Waals surface area contributed by atoms with E-state index in [1.54, 1.807) is 18.2 Å². The highest BCUT2D eigenvalue weighted by Gasteiger charge is 2.49. The predicted octanol–water partition coefficient (Wildman–Crippen LogP) is 4.00. The highest BCUT2D eigenvalue weighted by atomic mass is 35.5. The van der Waals surface area contributed by atoms with E-state index < -0.39 is 5.54 Å². The molecular formula is C28H31Cl2N5O3. The number of hydrogen-bond donors (Lipinski definition) is 1. The third-order valence-corrected chi connectivity index (χ3v) is 8.81. The summed E-state index contributed by atoms with van der Waals surface area (Å²) >= 11 is 12.5. The van der Waals surface area contributed by atoms with E-state index in [1.807, 2.05) is 28.0 Å². The van der Waals surface area contributed by atoms with E-state index >= 15 is 0 Å². The molecule has 2 atom stereocenters. The molecule has 5 rings (SSSR count). The molecule has 0 radical (unpaired) electrons. The molecule has 1 aromatic carbocycles. The summed E-state index contributed by atoms with van der Waals surface area (Å²) in [6.07, 6.45) is 5.03. The summed E-state index contributed by atoms with van der Waals surface area (Å²) in [5, 5.41) is 9.95. The maximum Gasteiger partial charge on any atom is 0.242 e. The van der Waals surface area contributed by atoms with Crippen LogP contribution in [0.5, 0.6) is 5.88 Å². The number of hydrogen-bond acceptors (Lipinski definition) is 6. The number of nitrogens with two attached hydrogens (primary N) is 1. The van der Waals surface area contributed by atoms with Crippen molar-refractivity contribution in [2.24, 2.45) is 17.6 Å². The second-order valence-corrected chi connectivity index (χ2v) is 11.5. The molecule has 1 aromatic heterocycles. The van der Waals surface area contributed by atoms with Crippen LogP contribution in [0.4, 0.5) is 0 Å². The Labute approximate surface area is 232 Å². The van der Waals surface area contributed by atoms with Crippen LogP contribution < -0.4 is 10.5 Å². The number of carbonyl (C=O) groups is 2. The average Bonchev–Trinajstić information content (AvgIpc) is 3.55. The van der Waals surface area contributed by atoms with E-state index in [4.69, 9.17) is 38.9 Å². The highest BCUT2D eigenvalue weighted by Crippen LogP contribution is 2.39. The summed E-state index contributed by atoms with van der Waals surface area (Å²) < 4.78 is 5.85. The molecule has 2 saturated heterocycles. The van der Waals surface area contributed by atoms with Gasteiger partial charge in [0.1, 0.15) is 6.07 Å². The normalized spacial score (nSPS) is 22.7. The van der Waals surface area contributed by atoms with Crippen molar-refractivity contribution in [3.05, 3.63) is 57.7 Å². The maximum absolute atomic E-state index is 13.6. The number of benzene rings is 1. The standard InChI is InChI=1S/C28H31Cl2N5O3/c29-23-3-2-20(13-24(23)30)22-17-35(16-21(22)7-12-38-25-4-1-18(14-31)15-33-25)26(36)19-5-10-34(11-6-19)27(37)28(32)8-9-28/h1-4,13,15,19,21-22H,5-12,16-17,32H2. The SMILES string of the molecule is N#Cc1ccc(OCCC2CN(C(=O)C3CCN(C(=O)C4(N)CC4)CC3)CC2c2ccc(Cl)c(Cl)c2)nc1. The van der Waals surface area contributed by atoms with E-state index in [0.29, 0.717) is 67.1 Å². The molecule has 3 heterocycles. The van der Waals surface area contributed by atoms with Gasteiger partial charge in [-0.2, -0.15) is 5.26 Å². The Bertz CT molecular complexity index is 1240. The number of ether oxygens (including phenoxy) is 1. The first-order chi connectivity index (χ1) is 18.3. The van der Waals surface area contributed by atoms with Crippen molar-refractivity contribution in [3.63, 3.8) is 0 Å². The number of rotatable bonds is 7. The van der Waals surface area contributed by atoms with Gasteiger partial charge in [0.2, 0.25) is 17.7 Å². The van der Waals surface area contributed by atoms with Crippen molar-refractivity contribution in [2.45, 2.75) is 43.6 Å². The van der Waals surface area contributed by atoms with Crippen LogP contribution in [0.3, 0.4) is 0 Å². The maximum atomic E-state index is 13.6. The van der Waals surface area contributed by atoms with Crippen molar-refractivity contribution < 1.29 is 14.3 Å². The molecule has 3 fully saturated rings. The Morgan fingerprint density at radius 1 is 1.11 bits per heavy atom. The first-order valence-electron chi connectivity index (χ1n) is 13.1. The zero-order valence-corrected chi connectivity index (χ0v) is 22.6. The molecule has 2 aliphatic heterocycles. The van der Waals surface area contributed by atoms with Gasteiger partial charge in [0, 0.05) is 50.3 Å². The van der Waals surface area contributed by atoms with Crippen LogP contribution in [0, 0.1) is 23.2 Å². The highest BCUT2D eigenvalue weighted by molar-refractivity contribution is 6.42. The molecule has 1 saturated carbocycles. The number of aromatic nitrogens is 1. The topological polar surface area (TPSA) is 113 Å². The number of pyridine rings is 1. The minimum Gasteiger partial charge on any atom is -0.478 e. The zero-order valence-electron chi connectivity index (χ0n) is 21.1. The van der Waals surface area contributed by atoms with Crippen molar-refractivity contribution in [1.82, 2.24) is 14.8 Å². The van der Waals surface area contributed by atoms with E-state index in [0.717, 1.165) is 24.8 Å².